The van der Waals surface area contributed by atoms with Crippen molar-refractivity contribution in [2.24, 2.45) is 0 Å². The summed E-state index contributed by atoms with van der Waals surface area (Å²) in [5, 5.41) is 12.6. The highest BCUT2D eigenvalue weighted by Gasteiger charge is 2.58. The van der Waals surface area contributed by atoms with Gasteiger partial charge in [0.05, 0.1) is 5.75 Å². The molecule has 2 unspecified atom stereocenters. The molecule has 0 bridgehead atoms. The van der Waals surface area contributed by atoms with E-state index >= 15 is 0 Å². The molecule has 3 atom stereocenters. The number of hydrogen-bond acceptors (Lipinski definition) is 6. The van der Waals surface area contributed by atoms with Crippen LogP contribution in [0, 0.1) is 7.14 Å². The van der Waals surface area contributed by atoms with Gasteiger partial charge in [-0.15, -0.1) is 35.3 Å². The fraction of sp³-hybridized carbons (Fsp3) is 0.286. The topological polar surface area (TPSA) is 86.7 Å². The van der Waals surface area contributed by atoms with Crippen LogP contribution in [0.2, 0.25) is 0 Å². The number of β-lactam (4-membered cyclic amide) rings is 1. The molecule has 32 heavy (non-hydrogen) atoms. The summed E-state index contributed by atoms with van der Waals surface area (Å²) in [6, 6.07) is 14.9. The van der Waals surface area contributed by atoms with E-state index < -0.39 is 16.8 Å². The maximum Gasteiger partial charge on any atom is 0.322 e. The van der Waals surface area contributed by atoms with Crippen LogP contribution in [-0.2, 0) is 14.4 Å². The first-order valence-electron chi connectivity index (χ1n) is 9.56. The van der Waals surface area contributed by atoms with Crippen molar-refractivity contribution in [1.82, 2.24) is 10.2 Å². The average molecular weight is 712 g/mol. The Kier molecular flexibility index (Phi) is 7.90. The molecule has 0 saturated carbocycles. The van der Waals surface area contributed by atoms with Crippen LogP contribution in [0.15, 0.2) is 58.3 Å². The fourth-order valence-electron chi connectivity index (χ4n) is 3.44. The van der Waals surface area contributed by atoms with Crippen LogP contribution in [0.4, 0.5) is 0 Å². The number of carbonyl (C=O) groups excluding carboxylic acids is 2. The summed E-state index contributed by atoms with van der Waals surface area (Å²) >= 11 is 8.58. The second-order valence-corrected chi connectivity index (χ2v) is 13.1. The second kappa shape index (κ2) is 10.3. The molecular weight excluding hydrogens is 694 g/mol. The number of carbonyl (C=O) groups is 3. The Morgan fingerprint density at radius 2 is 1.75 bits per heavy atom. The molecule has 2 aromatic rings. The molecule has 6 nitrogen and oxygen atoms in total. The van der Waals surface area contributed by atoms with Crippen molar-refractivity contribution >= 4 is 98.3 Å². The minimum absolute atomic E-state index is 0.123. The lowest BCUT2D eigenvalue weighted by Crippen LogP contribution is -2.74. The van der Waals surface area contributed by atoms with Gasteiger partial charge in [-0.05, 0) is 69.4 Å². The SMILES string of the molecule is O=C(CSc1ccccc1I)NC1C(=O)N2CC(Sc3ccccc3I)(C(=O)O)CS[C@H]12. The molecule has 2 N–H and O–H groups in total. The minimum atomic E-state index is -1.12. The van der Waals surface area contributed by atoms with Crippen LogP contribution in [-0.4, -0.2) is 62.0 Å². The largest absolute Gasteiger partial charge is 0.480 e. The van der Waals surface area contributed by atoms with Crippen molar-refractivity contribution in [2.75, 3.05) is 18.1 Å². The van der Waals surface area contributed by atoms with Crippen molar-refractivity contribution in [3.63, 3.8) is 0 Å². The van der Waals surface area contributed by atoms with Crippen molar-refractivity contribution in [1.29, 1.82) is 0 Å². The number of nitrogens with one attached hydrogen (secondary N) is 1. The van der Waals surface area contributed by atoms with Crippen molar-refractivity contribution < 1.29 is 19.5 Å². The number of carboxylic acid groups (broad SMARTS) is 1. The number of nitrogens with zero attached hydrogens (tertiary/aromatic N) is 1. The summed E-state index contributed by atoms with van der Waals surface area (Å²) in [4.78, 5) is 41.0. The number of carboxylic acids is 1. The smallest absolute Gasteiger partial charge is 0.322 e. The van der Waals surface area contributed by atoms with Gasteiger partial charge in [0.15, 0.2) is 0 Å². The van der Waals surface area contributed by atoms with Gasteiger partial charge in [0.25, 0.3) is 0 Å². The zero-order valence-electron chi connectivity index (χ0n) is 16.5. The molecule has 2 heterocycles. The van der Waals surface area contributed by atoms with Crippen LogP contribution in [0.5, 0.6) is 0 Å². The van der Waals surface area contributed by atoms with Crippen molar-refractivity contribution in [2.45, 2.75) is 26.0 Å². The van der Waals surface area contributed by atoms with Gasteiger partial charge in [-0.25, -0.2) is 0 Å². The first-order chi connectivity index (χ1) is 15.3. The van der Waals surface area contributed by atoms with Crippen LogP contribution in [0.25, 0.3) is 0 Å². The molecule has 2 amide bonds. The molecule has 2 aliphatic rings. The Bertz CT molecular complexity index is 1070. The maximum atomic E-state index is 12.8. The van der Waals surface area contributed by atoms with E-state index in [1.54, 1.807) is 4.90 Å². The van der Waals surface area contributed by atoms with Crippen molar-refractivity contribution in [3.05, 3.63) is 55.7 Å². The third kappa shape index (κ3) is 5.05. The second-order valence-electron chi connectivity index (χ2n) is 7.26. The predicted octanol–water partition coefficient (Wildman–Crippen LogP) is 4.00. The minimum Gasteiger partial charge on any atom is -0.480 e. The van der Waals surface area contributed by atoms with Gasteiger partial charge in [-0.2, -0.15) is 0 Å². The Labute approximate surface area is 225 Å². The Balaban J connectivity index is 1.37. The van der Waals surface area contributed by atoms with Crippen LogP contribution in [0.3, 0.4) is 0 Å². The fourth-order valence-corrected chi connectivity index (χ4v) is 8.62. The van der Waals surface area contributed by atoms with E-state index in [4.69, 9.17) is 0 Å². The van der Waals surface area contributed by atoms with E-state index in [1.165, 1.54) is 35.3 Å². The number of hydrogen-bond donors (Lipinski definition) is 2. The molecule has 168 valence electrons. The van der Waals surface area contributed by atoms with Gasteiger partial charge in [0, 0.05) is 29.2 Å². The van der Waals surface area contributed by atoms with Crippen LogP contribution >= 0.6 is 80.5 Å². The highest BCUT2D eigenvalue weighted by Crippen LogP contribution is 2.47. The third-order valence-electron chi connectivity index (χ3n) is 5.10. The van der Waals surface area contributed by atoms with Crippen molar-refractivity contribution in [3.8, 4) is 0 Å². The summed E-state index contributed by atoms with van der Waals surface area (Å²) < 4.78 is 0.938. The predicted molar refractivity (Wildman–Crippen MR) is 145 cm³/mol. The molecule has 0 spiro atoms. The zero-order valence-corrected chi connectivity index (χ0v) is 23.3. The van der Waals surface area contributed by atoms with E-state index in [9.17, 15) is 19.5 Å². The molecule has 11 heteroatoms. The molecule has 0 radical (unpaired) electrons. The average Bonchev–Trinajstić information content (AvgIpc) is 2.78. The highest BCUT2D eigenvalue weighted by molar-refractivity contribution is 14.1. The summed E-state index contributed by atoms with van der Waals surface area (Å²) in [6.07, 6.45) is 0. The molecule has 0 aliphatic carbocycles. The van der Waals surface area contributed by atoms with Gasteiger partial charge in [0.2, 0.25) is 11.8 Å². The first kappa shape index (κ1) is 24.5. The summed E-state index contributed by atoms with van der Waals surface area (Å²) in [5.41, 5.74) is 0. The number of benzene rings is 2. The lowest BCUT2D eigenvalue weighted by molar-refractivity contribution is -0.151. The van der Waals surface area contributed by atoms with E-state index in [2.05, 4.69) is 50.5 Å². The van der Waals surface area contributed by atoms with E-state index in [-0.39, 0.29) is 29.5 Å². The monoisotopic (exact) mass is 712 g/mol. The lowest BCUT2D eigenvalue weighted by atomic mass is 10.0. The Hall–Kier alpha value is -0.640. The lowest BCUT2D eigenvalue weighted by Gasteiger charge is -2.53. The molecule has 0 aromatic heterocycles. The first-order valence-corrected chi connectivity index (χ1v) is 14.6. The Morgan fingerprint density at radius 1 is 1.12 bits per heavy atom. The number of rotatable bonds is 7. The van der Waals surface area contributed by atoms with Gasteiger partial charge < -0.3 is 15.3 Å². The normalized spacial score (nSPS) is 24.4. The number of aliphatic carboxylic acids is 1. The molecule has 4 rings (SSSR count). The Morgan fingerprint density at radius 3 is 2.38 bits per heavy atom. The van der Waals surface area contributed by atoms with Crippen LogP contribution in [0.1, 0.15) is 0 Å². The summed E-state index contributed by atoms with van der Waals surface area (Å²) in [7, 11) is 0. The number of amides is 2. The van der Waals surface area contributed by atoms with Gasteiger partial charge >= 0.3 is 5.97 Å². The third-order valence-corrected chi connectivity index (χ3v) is 11.9. The summed E-state index contributed by atoms with van der Waals surface area (Å²) in [6.45, 7) is 0.123. The molecule has 2 aromatic carbocycles. The number of fused-ring (bicyclic) bond motifs is 1. The van der Waals surface area contributed by atoms with E-state index in [1.807, 2.05) is 48.5 Å². The highest BCUT2D eigenvalue weighted by atomic mass is 127. The number of thioether (sulfide) groups is 3. The maximum absolute atomic E-state index is 12.8. The number of halogens is 2. The van der Waals surface area contributed by atoms with Crippen LogP contribution < -0.4 is 5.32 Å². The zero-order chi connectivity index (χ0) is 22.9. The molecule has 2 fully saturated rings. The van der Waals surface area contributed by atoms with Gasteiger partial charge in [-0.3, -0.25) is 14.4 Å². The molecule has 2 saturated heterocycles. The standard InChI is InChI=1S/C21H18I2N2O4S3/c22-12-5-1-3-7-14(12)30-9-16(26)24-17-18(27)25-10-21(20(28)29,11-31-19(17)25)32-15-8-4-2-6-13(15)23/h1-8,17,19H,9-11H2,(H,24,26)(H,28,29)/t17?,19-,21?/m1/s1. The molecule has 2 aliphatic heterocycles. The van der Waals surface area contributed by atoms with Gasteiger partial charge in [0.1, 0.15) is 16.2 Å². The quantitative estimate of drug-likeness (QED) is 0.255. The van der Waals surface area contributed by atoms with E-state index in [0.717, 1.165) is 16.9 Å². The summed E-state index contributed by atoms with van der Waals surface area (Å²) in [5.74, 6) is -0.763. The van der Waals surface area contributed by atoms with E-state index in [0.29, 0.717) is 5.75 Å². The van der Waals surface area contributed by atoms with Gasteiger partial charge in [-0.1, -0.05) is 24.3 Å². The molecular formula is C21H18I2N2O4S3.